The van der Waals surface area contributed by atoms with Gasteiger partial charge in [-0.05, 0) is 19.4 Å². The first-order valence-corrected chi connectivity index (χ1v) is 3.70. The Bertz CT molecular complexity index is 104. The molecule has 3 nitrogen and oxygen atoms in total. The average molecular weight is 144 g/mol. The summed E-state index contributed by atoms with van der Waals surface area (Å²) < 4.78 is 0. The van der Waals surface area contributed by atoms with Crippen LogP contribution in [0.1, 0.15) is 26.2 Å². The summed E-state index contributed by atoms with van der Waals surface area (Å²) in [6.07, 6.45) is 2.07. The zero-order valence-corrected chi connectivity index (χ0v) is 6.47. The second-order valence-electron chi connectivity index (χ2n) is 2.40. The lowest BCUT2D eigenvalue weighted by Crippen LogP contribution is -2.32. The highest BCUT2D eigenvalue weighted by atomic mass is 16.1. The zero-order valence-electron chi connectivity index (χ0n) is 6.47. The van der Waals surface area contributed by atoms with E-state index < -0.39 is 0 Å². The molecule has 60 valence electrons. The molecular formula is C7H16N2O. The number of hydrogen-bond donors (Lipinski definition) is 2. The molecule has 0 aliphatic rings. The van der Waals surface area contributed by atoms with Gasteiger partial charge in [-0.3, -0.25) is 4.79 Å². The average Bonchev–Trinajstić information content (AvgIpc) is 1.89. The number of hydrogen-bond acceptors (Lipinski definition) is 3. The number of carbonyl (C=O) groups is 1. The molecule has 0 radical (unpaired) electrons. The van der Waals surface area contributed by atoms with Crippen LogP contribution in [0.4, 0.5) is 0 Å². The van der Waals surface area contributed by atoms with Crippen LogP contribution >= 0.6 is 0 Å². The van der Waals surface area contributed by atoms with E-state index in [1.165, 1.54) is 0 Å². The Labute approximate surface area is 61.8 Å². The van der Waals surface area contributed by atoms with Gasteiger partial charge in [-0.2, -0.15) is 0 Å². The van der Waals surface area contributed by atoms with Gasteiger partial charge in [0.25, 0.3) is 0 Å². The standard InChI is InChI=1S/C7H16N2O/c1-2-3-7(10)6(9)4-5-8/h6H,2-5,8-9H2,1H3/t6-/m0/s1. The van der Waals surface area contributed by atoms with Gasteiger partial charge in [0.15, 0.2) is 0 Å². The third-order valence-electron chi connectivity index (χ3n) is 1.39. The van der Waals surface area contributed by atoms with Crippen molar-refractivity contribution in [3.8, 4) is 0 Å². The minimum atomic E-state index is -0.329. The van der Waals surface area contributed by atoms with Crippen LogP contribution in [0.25, 0.3) is 0 Å². The fourth-order valence-electron chi connectivity index (χ4n) is 0.772. The van der Waals surface area contributed by atoms with Gasteiger partial charge in [0.1, 0.15) is 5.78 Å². The first-order valence-electron chi connectivity index (χ1n) is 3.70. The molecule has 4 N–H and O–H groups in total. The Kier molecular flexibility index (Phi) is 5.16. The molecule has 0 unspecified atom stereocenters. The highest BCUT2D eigenvalue weighted by Gasteiger charge is 2.09. The first kappa shape index (κ1) is 9.59. The van der Waals surface area contributed by atoms with Gasteiger partial charge in [-0.15, -0.1) is 0 Å². The molecule has 0 aliphatic heterocycles. The number of Topliss-reactive ketones (excluding diaryl/α,β-unsaturated/α-hetero) is 1. The molecule has 0 saturated carbocycles. The van der Waals surface area contributed by atoms with Gasteiger partial charge >= 0.3 is 0 Å². The summed E-state index contributed by atoms with van der Waals surface area (Å²) in [5.41, 5.74) is 10.7. The number of nitrogens with two attached hydrogens (primary N) is 2. The molecule has 0 aromatic heterocycles. The summed E-state index contributed by atoms with van der Waals surface area (Å²) in [6.45, 7) is 2.46. The molecule has 0 spiro atoms. The maximum Gasteiger partial charge on any atom is 0.149 e. The lowest BCUT2D eigenvalue weighted by Gasteiger charge is -2.06. The van der Waals surface area contributed by atoms with E-state index >= 15 is 0 Å². The van der Waals surface area contributed by atoms with Crippen LogP contribution in [0.3, 0.4) is 0 Å². The fourth-order valence-corrected chi connectivity index (χ4v) is 0.772. The van der Waals surface area contributed by atoms with E-state index in [0.29, 0.717) is 19.4 Å². The Morgan fingerprint density at radius 2 is 2.20 bits per heavy atom. The number of ketones is 1. The van der Waals surface area contributed by atoms with Crippen molar-refractivity contribution in [2.24, 2.45) is 11.5 Å². The van der Waals surface area contributed by atoms with Gasteiger partial charge < -0.3 is 11.5 Å². The first-order chi connectivity index (χ1) is 4.72. The topological polar surface area (TPSA) is 69.1 Å². The fraction of sp³-hybridized carbons (Fsp3) is 0.857. The molecule has 0 amide bonds. The van der Waals surface area contributed by atoms with Crippen LogP contribution in [-0.2, 0) is 4.79 Å². The van der Waals surface area contributed by atoms with Crippen LogP contribution < -0.4 is 11.5 Å². The molecule has 0 aromatic carbocycles. The van der Waals surface area contributed by atoms with Crippen molar-refractivity contribution < 1.29 is 4.79 Å². The predicted octanol–water partition coefficient (Wildman–Crippen LogP) is 0.0317. The van der Waals surface area contributed by atoms with Crippen molar-refractivity contribution in [3.05, 3.63) is 0 Å². The predicted molar refractivity (Wildman–Crippen MR) is 41.6 cm³/mol. The van der Waals surface area contributed by atoms with Crippen molar-refractivity contribution in [2.45, 2.75) is 32.2 Å². The number of carbonyl (C=O) groups excluding carboxylic acids is 1. The molecule has 0 bridgehead atoms. The Morgan fingerprint density at radius 3 is 2.60 bits per heavy atom. The van der Waals surface area contributed by atoms with E-state index in [0.717, 1.165) is 6.42 Å². The normalized spacial score (nSPS) is 13.1. The van der Waals surface area contributed by atoms with Crippen LogP contribution in [0.5, 0.6) is 0 Å². The summed E-state index contributed by atoms with van der Waals surface area (Å²) in [6, 6.07) is -0.329. The van der Waals surface area contributed by atoms with Crippen molar-refractivity contribution in [1.82, 2.24) is 0 Å². The van der Waals surface area contributed by atoms with Crippen molar-refractivity contribution >= 4 is 5.78 Å². The zero-order chi connectivity index (χ0) is 7.98. The van der Waals surface area contributed by atoms with Gasteiger partial charge in [0, 0.05) is 6.42 Å². The van der Waals surface area contributed by atoms with E-state index in [1.54, 1.807) is 0 Å². The smallest absolute Gasteiger partial charge is 0.149 e. The number of rotatable bonds is 5. The SMILES string of the molecule is CCCC(=O)[C@@H](N)CCN. The van der Waals surface area contributed by atoms with Gasteiger partial charge in [-0.25, -0.2) is 0 Å². The molecule has 0 rings (SSSR count). The van der Waals surface area contributed by atoms with E-state index in [9.17, 15) is 4.79 Å². The van der Waals surface area contributed by atoms with Gasteiger partial charge in [-0.1, -0.05) is 6.92 Å². The van der Waals surface area contributed by atoms with Crippen LogP contribution in [-0.4, -0.2) is 18.4 Å². The highest BCUT2D eigenvalue weighted by Crippen LogP contribution is 1.95. The second kappa shape index (κ2) is 5.38. The summed E-state index contributed by atoms with van der Waals surface area (Å²) in [4.78, 5) is 11.0. The van der Waals surface area contributed by atoms with Crippen molar-refractivity contribution in [1.29, 1.82) is 0 Å². The Hall–Kier alpha value is -0.410. The molecule has 3 heteroatoms. The van der Waals surface area contributed by atoms with Gasteiger partial charge in [0.05, 0.1) is 6.04 Å². The summed E-state index contributed by atoms with van der Waals surface area (Å²) in [5, 5.41) is 0. The van der Waals surface area contributed by atoms with E-state index in [4.69, 9.17) is 11.5 Å². The third-order valence-corrected chi connectivity index (χ3v) is 1.39. The molecule has 1 atom stereocenters. The van der Waals surface area contributed by atoms with Crippen LogP contribution in [0.15, 0.2) is 0 Å². The molecule has 0 aromatic rings. The summed E-state index contributed by atoms with van der Waals surface area (Å²) >= 11 is 0. The molecule has 0 fully saturated rings. The maximum absolute atomic E-state index is 11.0. The monoisotopic (exact) mass is 144 g/mol. The maximum atomic E-state index is 11.0. The van der Waals surface area contributed by atoms with Gasteiger partial charge in [0.2, 0.25) is 0 Å². The summed E-state index contributed by atoms with van der Waals surface area (Å²) in [5.74, 6) is 0.132. The molecular weight excluding hydrogens is 128 g/mol. The quantitative estimate of drug-likeness (QED) is 0.572. The third kappa shape index (κ3) is 3.58. The Balaban J connectivity index is 3.49. The highest BCUT2D eigenvalue weighted by molar-refractivity contribution is 5.83. The Morgan fingerprint density at radius 1 is 1.60 bits per heavy atom. The van der Waals surface area contributed by atoms with E-state index in [-0.39, 0.29) is 11.8 Å². The van der Waals surface area contributed by atoms with Crippen LogP contribution in [0.2, 0.25) is 0 Å². The largest absolute Gasteiger partial charge is 0.330 e. The van der Waals surface area contributed by atoms with Crippen molar-refractivity contribution in [3.63, 3.8) is 0 Å². The van der Waals surface area contributed by atoms with Crippen LogP contribution in [0, 0.1) is 0 Å². The lowest BCUT2D eigenvalue weighted by atomic mass is 10.1. The van der Waals surface area contributed by atoms with Crippen molar-refractivity contribution in [2.75, 3.05) is 6.54 Å². The van der Waals surface area contributed by atoms with E-state index in [1.807, 2.05) is 6.92 Å². The minimum absolute atomic E-state index is 0.132. The molecule has 0 aliphatic carbocycles. The molecule has 0 saturated heterocycles. The summed E-state index contributed by atoms with van der Waals surface area (Å²) in [7, 11) is 0. The van der Waals surface area contributed by atoms with E-state index in [2.05, 4.69) is 0 Å². The lowest BCUT2D eigenvalue weighted by molar-refractivity contribution is -0.120. The molecule has 0 heterocycles. The minimum Gasteiger partial charge on any atom is -0.330 e. The molecule has 10 heavy (non-hydrogen) atoms. The second-order valence-corrected chi connectivity index (χ2v) is 2.40.